The number of nitrogens with zero attached hydrogens (tertiary/aromatic N) is 1. The fourth-order valence-corrected chi connectivity index (χ4v) is 3.56. The van der Waals surface area contributed by atoms with Crippen molar-refractivity contribution in [1.29, 1.82) is 0 Å². The average Bonchev–Trinajstić information content (AvgIpc) is 2.70. The van der Waals surface area contributed by atoms with Crippen molar-refractivity contribution in [2.75, 3.05) is 11.9 Å². The van der Waals surface area contributed by atoms with Gasteiger partial charge in [-0.3, -0.25) is 0 Å². The van der Waals surface area contributed by atoms with Crippen molar-refractivity contribution in [2.24, 2.45) is 10.9 Å². The number of aliphatic imine (C=N–C) groups is 1. The molecule has 0 bridgehead atoms. The van der Waals surface area contributed by atoms with Crippen LogP contribution in [0.2, 0.25) is 0 Å². The Labute approximate surface area is 162 Å². The first kappa shape index (κ1) is 19.0. The number of rotatable bonds is 5. The summed E-state index contributed by atoms with van der Waals surface area (Å²) in [5.74, 6) is 1.51. The van der Waals surface area contributed by atoms with Gasteiger partial charge >= 0.3 is 0 Å². The number of phenolic OH excluding ortho intramolecular Hbond substituents is 1. The highest BCUT2D eigenvalue weighted by Gasteiger charge is 2.22. The lowest BCUT2D eigenvalue weighted by atomic mass is 9.86. The zero-order valence-electron chi connectivity index (χ0n) is 16.0. The summed E-state index contributed by atoms with van der Waals surface area (Å²) in [6.07, 6.45) is 6.69. The van der Waals surface area contributed by atoms with Crippen LogP contribution < -0.4 is 10.6 Å². The molecule has 2 atom stereocenters. The van der Waals surface area contributed by atoms with Crippen LogP contribution in [0.4, 0.5) is 5.69 Å². The highest BCUT2D eigenvalue weighted by atomic mass is 16.3. The smallest absolute Gasteiger partial charge is 0.196 e. The fourth-order valence-electron chi connectivity index (χ4n) is 3.56. The van der Waals surface area contributed by atoms with E-state index in [4.69, 9.17) is 0 Å². The summed E-state index contributed by atoms with van der Waals surface area (Å²) >= 11 is 0. The third kappa shape index (κ3) is 5.13. The standard InChI is InChI=1S/C23H29N3O/c1-3-15-24-23(25-20-12-8-7-9-17(20)2)26-21-16-19(13-14-22(21)27)18-10-5-4-6-11-18/h3-6,10-11,13-14,16-17,20,27H,1,7-9,12,15H2,2H3,(H2,24,25,26). The number of aromatic hydroxyl groups is 1. The Morgan fingerprint density at radius 1 is 1.15 bits per heavy atom. The van der Waals surface area contributed by atoms with E-state index in [1.165, 1.54) is 19.3 Å². The minimum absolute atomic E-state index is 0.208. The highest BCUT2D eigenvalue weighted by Crippen LogP contribution is 2.30. The molecule has 4 heteroatoms. The highest BCUT2D eigenvalue weighted by molar-refractivity contribution is 5.96. The predicted octanol–water partition coefficient (Wildman–Crippen LogP) is 5.18. The maximum absolute atomic E-state index is 10.3. The van der Waals surface area contributed by atoms with E-state index in [0.717, 1.165) is 17.5 Å². The quantitative estimate of drug-likeness (QED) is 0.297. The van der Waals surface area contributed by atoms with Gasteiger partial charge in [0.1, 0.15) is 5.75 Å². The molecule has 0 saturated heterocycles. The first-order valence-electron chi connectivity index (χ1n) is 9.74. The molecule has 2 unspecified atom stereocenters. The van der Waals surface area contributed by atoms with E-state index in [9.17, 15) is 5.11 Å². The number of guanidine groups is 1. The number of phenols is 1. The summed E-state index contributed by atoms with van der Waals surface area (Å²) in [5.41, 5.74) is 2.80. The van der Waals surface area contributed by atoms with Gasteiger partial charge in [0.15, 0.2) is 5.96 Å². The molecule has 3 rings (SSSR count). The summed E-state index contributed by atoms with van der Waals surface area (Å²) in [6, 6.07) is 16.1. The van der Waals surface area contributed by atoms with Gasteiger partial charge in [0.05, 0.1) is 12.2 Å². The lowest BCUT2D eigenvalue weighted by molar-refractivity contribution is 0.308. The number of hydrogen-bond donors (Lipinski definition) is 3. The zero-order chi connectivity index (χ0) is 19.1. The summed E-state index contributed by atoms with van der Waals surface area (Å²) in [7, 11) is 0. The molecular weight excluding hydrogens is 334 g/mol. The van der Waals surface area contributed by atoms with Crippen molar-refractivity contribution < 1.29 is 5.11 Å². The van der Waals surface area contributed by atoms with Gasteiger partial charge in [-0.05, 0) is 42.0 Å². The second kappa shape index (κ2) is 9.26. The van der Waals surface area contributed by atoms with Gasteiger partial charge in [-0.1, -0.05) is 62.2 Å². The van der Waals surface area contributed by atoms with Crippen molar-refractivity contribution in [1.82, 2.24) is 5.32 Å². The summed E-state index contributed by atoms with van der Waals surface area (Å²) in [6.45, 7) is 6.57. The molecule has 4 nitrogen and oxygen atoms in total. The van der Waals surface area contributed by atoms with Crippen LogP contribution in [0.25, 0.3) is 11.1 Å². The molecule has 1 saturated carbocycles. The number of nitrogens with one attached hydrogen (secondary N) is 2. The predicted molar refractivity (Wildman–Crippen MR) is 114 cm³/mol. The van der Waals surface area contributed by atoms with Crippen molar-refractivity contribution in [3.63, 3.8) is 0 Å². The van der Waals surface area contributed by atoms with Gasteiger partial charge < -0.3 is 15.7 Å². The molecule has 0 heterocycles. The van der Waals surface area contributed by atoms with Crippen LogP contribution in [0.1, 0.15) is 32.6 Å². The normalized spacial score (nSPS) is 20.1. The SMILES string of the molecule is C=CCN=C(Nc1cc(-c2ccccc2)ccc1O)NC1CCCCC1C. The lowest BCUT2D eigenvalue weighted by Gasteiger charge is -2.31. The Morgan fingerprint density at radius 3 is 2.67 bits per heavy atom. The average molecular weight is 364 g/mol. The molecule has 2 aromatic rings. The molecule has 0 spiro atoms. The Hall–Kier alpha value is -2.75. The Balaban J connectivity index is 1.81. The monoisotopic (exact) mass is 363 g/mol. The maximum atomic E-state index is 10.3. The van der Waals surface area contributed by atoms with Crippen molar-refractivity contribution in [3.05, 3.63) is 61.2 Å². The van der Waals surface area contributed by atoms with E-state index < -0.39 is 0 Å². The lowest BCUT2D eigenvalue weighted by Crippen LogP contribution is -2.44. The van der Waals surface area contributed by atoms with Crippen LogP contribution in [-0.4, -0.2) is 23.7 Å². The van der Waals surface area contributed by atoms with Gasteiger partial charge in [-0.25, -0.2) is 4.99 Å². The number of hydrogen-bond acceptors (Lipinski definition) is 2. The Morgan fingerprint density at radius 2 is 1.93 bits per heavy atom. The first-order valence-corrected chi connectivity index (χ1v) is 9.74. The molecule has 1 aliphatic rings. The minimum atomic E-state index is 0.208. The van der Waals surface area contributed by atoms with E-state index in [0.29, 0.717) is 30.2 Å². The summed E-state index contributed by atoms with van der Waals surface area (Å²) in [4.78, 5) is 4.57. The van der Waals surface area contributed by atoms with Gasteiger partial charge in [-0.2, -0.15) is 0 Å². The maximum Gasteiger partial charge on any atom is 0.196 e. The molecular formula is C23H29N3O. The molecule has 142 valence electrons. The van der Waals surface area contributed by atoms with Gasteiger partial charge in [0.25, 0.3) is 0 Å². The topological polar surface area (TPSA) is 56.7 Å². The number of benzene rings is 2. The third-order valence-corrected chi connectivity index (χ3v) is 5.17. The van der Waals surface area contributed by atoms with Crippen LogP contribution >= 0.6 is 0 Å². The summed E-state index contributed by atoms with van der Waals surface area (Å²) in [5, 5.41) is 17.2. The Kier molecular flexibility index (Phi) is 6.53. The summed E-state index contributed by atoms with van der Waals surface area (Å²) < 4.78 is 0. The molecule has 3 N–H and O–H groups in total. The fraction of sp³-hybridized carbons (Fsp3) is 0.348. The van der Waals surface area contributed by atoms with Crippen molar-refractivity contribution >= 4 is 11.6 Å². The minimum Gasteiger partial charge on any atom is -0.506 e. The molecule has 27 heavy (non-hydrogen) atoms. The third-order valence-electron chi connectivity index (χ3n) is 5.17. The Bertz CT molecular complexity index is 785. The van der Waals surface area contributed by atoms with E-state index >= 15 is 0 Å². The molecule has 0 amide bonds. The van der Waals surface area contributed by atoms with Crippen LogP contribution in [-0.2, 0) is 0 Å². The van der Waals surface area contributed by atoms with E-state index in [2.05, 4.69) is 41.3 Å². The van der Waals surface area contributed by atoms with Gasteiger partial charge in [0.2, 0.25) is 0 Å². The molecule has 0 aliphatic heterocycles. The van der Waals surface area contributed by atoms with Crippen LogP contribution in [0.3, 0.4) is 0 Å². The molecule has 0 aromatic heterocycles. The molecule has 2 aromatic carbocycles. The van der Waals surface area contributed by atoms with Crippen molar-refractivity contribution in [2.45, 2.75) is 38.6 Å². The molecule has 1 fully saturated rings. The second-order valence-corrected chi connectivity index (χ2v) is 7.21. The second-order valence-electron chi connectivity index (χ2n) is 7.21. The van der Waals surface area contributed by atoms with E-state index in [1.54, 1.807) is 12.1 Å². The van der Waals surface area contributed by atoms with Crippen molar-refractivity contribution in [3.8, 4) is 16.9 Å². The van der Waals surface area contributed by atoms with Crippen LogP contribution in [0.15, 0.2) is 66.2 Å². The first-order chi connectivity index (χ1) is 13.2. The van der Waals surface area contributed by atoms with Crippen LogP contribution in [0.5, 0.6) is 5.75 Å². The van der Waals surface area contributed by atoms with E-state index in [1.807, 2.05) is 30.3 Å². The molecule has 1 aliphatic carbocycles. The zero-order valence-corrected chi connectivity index (χ0v) is 16.0. The van der Waals surface area contributed by atoms with E-state index in [-0.39, 0.29) is 5.75 Å². The number of anilines is 1. The molecule has 0 radical (unpaired) electrons. The van der Waals surface area contributed by atoms with Gasteiger partial charge in [-0.15, -0.1) is 6.58 Å². The van der Waals surface area contributed by atoms with Gasteiger partial charge in [0, 0.05) is 6.04 Å². The largest absolute Gasteiger partial charge is 0.506 e. The van der Waals surface area contributed by atoms with Crippen LogP contribution in [0, 0.1) is 5.92 Å².